The van der Waals surface area contributed by atoms with E-state index in [0.29, 0.717) is 0 Å². The summed E-state index contributed by atoms with van der Waals surface area (Å²) < 4.78 is 39.5. The fourth-order valence-electron chi connectivity index (χ4n) is 1.32. The molecule has 6 heteroatoms. The van der Waals surface area contributed by atoms with E-state index in [1.807, 2.05) is 13.0 Å². The predicted molar refractivity (Wildman–Crippen MR) is 58.0 cm³/mol. The zero-order valence-electron chi connectivity index (χ0n) is 10.5. The number of hydrogen-bond acceptors (Lipinski definition) is 4. The van der Waals surface area contributed by atoms with Crippen molar-refractivity contribution < 1.29 is 33.3 Å². The summed E-state index contributed by atoms with van der Waals surface area (Å²) in [5.74, 6) is 0.913. The normalized spacial score (nSPS) is 10.6. The molecule has 0 fully saturated rings. The molecule has 1 heterocycles. The van der Waals surface area contributed by atoms with Crippen molar-refractivity contribution in [1.29, 1.82) is 0 Å². The van der Waals surface area contributed by atoms with Crippen molar-refractivity contribution in [2.75, 3.05) is 0 Å². The Kier molecular flexibility index (Phi) is 5.41. The van der Waals surface area contributed by atoms with E-state index in [2.05, 4.69) is 37.3 Å². The van der Waals surface area contributed by atoms with E-state index in [0.717, 1.165) is 16.9 Å². The molecule has 0 radical (unpaired) electrons. The van der Waals surface area contributed by atoms with Crippen LogP contribution in [0.1, 0.15) is 11.1 Å². The maximum absolute atomic E-state index is 8.49. The molecule has 19 heavy (non-hydrogen) atoms. The van der Waals surface area contributed by atoms with Gasteiger partial charge in [0.15, 0.2) is 0 Å². The van der Waals surface area contributed by atoms with Crippen LogP contribution in [-0.2, 0) is 0 Å². The van der Waals surface area contributed by atoms with Crippen LogP contribution in [0.2, 0.25) is 0 Å². The van der Waals surface area contributed by atoms with Gasteiger partial charge in [-0.05, 0) is 32.0 Å². The third-order valence-corrected chi connectivity index (χ3v) is 2.21. The summed E-state index contributed by atoms with van der Waals surface area (Å²) in [6.45, 7) is 4.10. The molecule has 102 valence electrons. The first kappa shape index (κ1) is 15.6. The van der Waals surface area contributed by atoms with Gasteiger partial charge in [0.05, 0.1) is 5.56 Å². The summed E-state index contributed by atoms with van der Waals surface area (Å²) in [4.78, 5) is 0. The summed E-state index contributed by atoms with van der Waals surface area (Å²) >= 11 is 0. The van der Waals surface area contributed by atoms with Gasteiger partial charge in [0, 0.05) is 11.6 Å². The van der Waals surface area contributed by atoms with Crippen molar-refractivity contribution in [2.24, 2.45) is 0 Å². The molecule has 0 saturated carbocycles. The van der Waals surface area contributed by atoms with Gasteiger partial charge in [-0.2, -0.15) is 0 Å². The summed E-state index contributed by atoms with van der Waals surface area (Å²) in [6, 6.07) is 12.4. The fourth-order valence-corrected chi connectivity index (χ4v) is 1.32. The van der Waals surface area contributed by atoms with Gasteiger partial charge in [-0.25, -0.2) is 23.1 Å². The van der Waals surface area contributed by atoms with Crippen molar-refractivity contribution in [3.8, 4) is 11.3 Å². The largest absolute Gasteiger partial charge is 0.359 e. The summed E-state index contributed by atoms with van der Waals surface area (Å²) in [5.41, 5.74) is 3.53. The second-order valence-electron chi connectivity index (χ2n) is 3.92. The third-order valence-electron chi connectivity index (χ3n) is 2.21. The van der Waals surface area contributed by atoms with Gasteiger partial charge >= 0.3 is 12.0 Å². The predicted octanol–water partition coefficient (Wildman–Crippen LogP) is -0.911. The van der Waals surface area contributed by atoms with Crippen LogP contribution in [0.25, 0.3) is 11.3 Å². The van der Waals surface area contributed by atoms with E-state index >= 15 is 0 Å². The van der Waals surface area contributed by atoms with Crippen molar-refractivity contribution in [2.45, 2.75) is 13.8 Å². The molecule has 0 N–H and O–H groups in total. The molecule has 0 spiro atoms. The maximum Gasteiger partial charge on any atom is 0.359 e. The average Bonchev–Trinajstić information content (AvgIpc) is 2.29. The molecule has 0 amide bonds. The minimum absolute atomic E-state index is 0.913. The van der Waals surface area contributed by atoms with E-state index in [1.165, 1.54) is 5.56 Å². The van der Waals surface area contributed by atoms with Crippen molar-refractivity contribution in [1.82, 2.24) is 0 Å². The molecule has 5 nitrogen and oxygen atoms in total. The van der Waals surface area contributed by atoms with E-state index in [-0.39, 0.29) is 0 Å². The Morgan fingerprint density at radius 1 is 0.789 bits per heavy atom. The number of halogens is 1. The lowest BCUT2D eigenvalue weighted by Crippen LogP contribution is -2.68. The van der Waals surface area contributed by atoms with E-state index < -0.39 is 10.2 Å². The van der Waals surface area contributed by atoms with E-state index in [9.17, 15) is 0 Å². The topological polar surface area (TPSA) is 104 Å². The molecule has 2 rings (SSSR count). The van der Waals surface area contributed by atoms with Crippen molar-refractivity contribution >= 4 is 0 Å². The van der Waals surface area contributed by atoms with Crippen molar-refractivity contribution in [3.05, 3.63) is 53.8 Å². The minimum Gasteiger partial charge on any atom is -0.222 e. The Hall–Kier alpha value is -1.50. The Balaban J connectivity index is 0.000000312. The molecule has 2 aromatic rings. The highest BCUT2D eigenvalue weighted by Gasteiger charge is 2.09. The lowest BCUT2D eigenvalue weighted by molar-refractivity contribution is -2.00. The number of aryl methyl sites for hydroxylation is 2. The van der Waals surface area contributed by atoms with Crippen LogP contribution in [0.15, 0.2) is 47.1 Å². The maximum atomic E-state index is 8.49. The fraction of sp³-hybridized carbons (Fsp3) is 0.154. The lowest BCUT2D eigenvalue weighted by atomic mass is 10.1. The highest BCUT2D eigenvalue weighted by atomic mass is 35.7. The van der Waals surface area contributed by atoms with Gasteiger partial charge in [0.1, 0.15) is 0 Å². The molecule has 1 aromatic heterocycles. The molecular formula is C13H13ClO5. The minimum atomic E-state index is -4.94. The first-order valence-corrected chi connectivity index (χ1v) is 6.56. The van der Waals surface area contributed by atoms with Crippen LogP contribution >= 0.6 is 0 Å². The molecule has 0 bridgehead atoms. The molecule has 0 aliphatic rings. The number of benzene rings is 1. The Bertz CT molecular complexity index is 453. The van der Waals surface area contributed by atoms with Crippen LogP contribution in [0.5, 0.6) is 0 Å². The molecule has 0 atom stereocenters. The standard InChI is InChI=1S/C13H13O.ClHO4/c1-10-3-6-12(7-4-10)13-8-5-11(2)9-14-13;2-1(3,4)5/h3-9H,1-2H3;(H,2,3,4,5)/q+1;/p-1. The SMILES string of the molecule is Cc1ccc(-c2ccc(C)c[o+]2)cc1.[O-][Cl+3]([O-])([O-])[O-]. The van der Waals surface area contributed by atoms with Crippen LogP contribution in [-0.4, -0.2) is 0 Å². The van der Waals surface area contributed by atoms with Crippen molar-refractivity contribution in [3.63, 3.8) is 0 Å². The zero-order chi connectivity index (χ0) is 14.5. The first-order valence-electron chi connectivity index (χ1n) is 5.33. The zero-order valence-corrected chi connectivity index (χ0v) is 11.2. The average molecular weight is 285 g/mol. The molecule has 0 aliphatic heterocycles. The lowest BCUT2D eigenvalue weighted by Gasteiger charge is -2.17. The molecule has 0 unspecified atom stereocenters. The highest BCUT2D eigenvalue weighted by molar-refractivity contribution is 5.57. The summed E-state index contributed by atoms with van der Waals surface area (Å²) in [6.07, 6.45) is 1.77. The van der Waals surface area contributed by atoms with Gasteiger partial charge in [-0.15, -0.1) is 10.2 Å². The Morgan fingerprint density at radius 2 is 1.26 bits per heavy atom. The molecule has 0 aliphatic carbocycles. The van der Waals surface area contributed by atoms with Crippen LogP contribution < -0.4 is 18.6 Å². The Labute approximate surface area is 113 Å². The monoisotopic (exact) mass is 284 g/mol. The quantitative estimate of drug-likeness (QED) is 0.631. The van der Waals surface area contributed by atoms with Crippen LogP contribution in [0.3, 0.4) is 0 Å². The van der Waals surface area contributed by atoms with Gasteiger partial charge < -0.3 is 0 Å². The van der Waals surface area contributed by atoms with Crippen LogP contribution in [0, 0.1) is 24.1 Å². The number of rotatable bonds is 1. The molecular weight excluding hydrogens is 272 g/mol. The highest BCUT2D eigenvalue weighted by Crippen LogP contribution is 2.19. The van der Waals surface area contributed by atoms with Gasteiger partial charge in [-0.3, -0.25) is 0 Å². The Morgan fingerprint density at radius 3 is 1.68 bits per heavy atom. The summed E-state index contributed by atoms with van der Waals surface area (Å²) in [5, 5.41) is 0. The number of hydrogen-bond donors (Lipinski definition) is 0. The van der Waals surface area contributed by atoms with E-state index in [4.69, 9.17) is 23.1 Å². The van der Waals surface area contributed by atoms with Gasteiger partial charge in [-0.1, -0.05) is 17.7 Å². The van der Waals surface area contributed by atoms with E-state index in [1.54, 1.807) is 6.26 Å². The second-order valence-corrected chi connectivity index (χ2v) is 4.68. The summed E-state index contributed by atoms with van der Waals surface area (Å²) in [7, 11) is -4.94. The van der Waals surface area contributed by atoms with Gasteiger partial charge in [0.2, 0.25) is 0 Å². The smallest absolute Gasteiger partial charge is 0.222 e. The third kappa shape index (κ3) is 6.85. The molecule has 1 aromatic carbocycles. The second kappa shape index (κ2) is 6.60. The van der Waals surface area contributed by atoms with Gasteiger partial charge in [0.25, 0.3) is 0 Å². The first-order chi connectivity index (χ1) is 8.75. The van der Waals surface area contributed by atoms with Crippen LogP contribution in [0.4, 0.5) is 0 Å². The molecule has 0 saturated heterocycles.